The summed E-state index contributed by atoms with van der Waals surface area (Å²) in [6.45, 7) is 6.38. The van der Waals surface area contributed by atoms with E-state index in [0.717, 1.165) is 23.1 Å². The van der Waals surface area contributed by atoms with Gasteiger partial charge < -0.3 is 4.57 Å². The Hall–Kier alpha value is -7.62. The number of nitrogens with zero attached hydrogens (tertiary/aromatic N) is 2. The van der Waals surface area contributed by atoms with E-state index in [1.807, 2.05) is 36.4 Å². The molecule has 9 aromatic carbocycles. The molecule has 61 heavy (non-hydrogen) atoms. The van der Waals surface area contributed by atoms with E-state index in [9.17, 15) is 4.91 Å². The van der Waals surface area contributed by atoms with E-state index >= 15 is 0 Å². The minimum Gasteiger partial charge on any atom is -0.309 e. The maximum Gasteiger partial charge on any atom is 0.115 e. The van der Waals surface area contributed by atoms with Crippen LogP contribution in [-0.2, 0) is 6.42 Å². The number of fused-ring (bicyclic) bond motifs is 3. The highest BCUT2D eigenvalue weighted by molar-refractivity contribution is 6.10. The van der Waals surface area contributed by atoms with Crippen LogP contribution in [0.5, 0.6) is 0 Å². The monoisotopic (exact) mass is 788 g/mol. The molecule has 10 aromatic rings. The molecule has 0 atom stereocenters. The first kappa shape index (κ1) is 40.2. The van der Waals surface area contributed by atoms with Gasteiger partial charge in [-0.05, 0) is 112 Å². The molecule has 296 valence electrons. The second-order valence-electron chi connectivity index (χ2n) is 15.3. The Labute approximate surface area is 359 Å². The Morgan fingerprint density at radius 2 is 0.869 bits per heavy atom. The Balaban J connectivity index is 0.000000132. The Morgan fingerprint density at radius 1 is 0.393 bits per heavy atom. The van der Waals surface area contributed by atoms with Crippen LogP contribution >= 0.6 is 0 Å². The van der Waals surface area contributed by atoms with Crippen LogP contribution in [0, 0.1) is 18.8 Å². The van der Waals surface area contributed by atoms with E-state index in [1.165, 1.54) is 72.0 Å². The Kier molecular flexibility index (Phi) is 12.5. The molecule has 3 heteroatoms. The average Bonchev–Trinajstić information content (AvgIpc) is 3.67. The van der Waals surface area contributed by atoms with Crippen LogP contribution in [0.3, 0.4) is 0 Å². The van der Waals surface area contributed by atoms with Gasteiger partial charge in [-0.15, -0.1) is 4.91 Å². The smallest absolute Gasteiger partial charge is 0.115 e. The minimum absolute atomic E-state index is 0.471. The second-order valence-corrected chi connectivity index (χ2v) is 15.3. The number of aryl methyl sites for hydroxylation is 3. The molecule has 0 unspecified atom stereocenters. The molecule has 0 radical (unpaired) electrons. The first-order valence-electron chi connectivity index (χ1n) is 20.9. The molecule has 0 aliphatic rings. The molecule has 1 heterocycles. The van der Waals surface area contributed by atoms with Crippen molar-refractivity contribution in [1.29, 1.82) is 0 Å². The predicted octanol–water partition coefficient (Wildman–Crippen LogP) is 16.4. The maximum atomic E-state index is 10.9. The van der Waals surface area contributed by atoms with Crippen molar-refractivity contribution >= 4 is 27.5 Å². The number of rotatable bonds is 7. The maximum absolute atomic E-state index is 10.9. The molecule has 0 saturated carbocycles. The molecule has 1 aromatic heterocycles. The minimum atomic E-state index is 0.471. The fourth-order valence-corrected chi connectivity index (χ4v) is 7.73. The van der Waals surface area contributed by atoms with E-state index in [1.54, 1.807) is 6.07 Å². The molecule has 0 spiro atoms. The van der Waals surface area contributed by atoms with Gasteiger partial charge in [0.2, 0.25) is 0 Å². The number of benzene rings is 9. The molecule has 3 nitrogen and oxygen atoms in total. The first-order valence-corrected chi connectivity index (χ1v) is 20.9. The summed E-state index contributed by atoms with van der Waals surface area (Å²) < 4.78 is 2.35. The van der Waals surface area contributed by atoms with Gasteiger partial charge in [-0.1, -0.05) is 200 Å². The van der Waals surface area contributed by atoms with Crippen LogP contribution in [0.1, 0.15) is 23.6 Å². The van der Waals surface area contributed by atoms with Gasteiger partial charge in [0.05, 0.1) is 11.0 Å². The predicted molar refractivity (Wildman–Crippen MR) is 260 cm³/mol. The Bertz CT molecular complexity index is 3000. The average molecular weight is 789 g/mol. The van der Waals surface area contributed by atoms with Crippen LogP contribution in [-0.4, -0.2) is 4.57 Å². The number of hydrogen-bond acceptors (Lipinski definition) is 2. The second kappa shape index (κ2) is 19.0. The number of para-hydroxylation sites is 2. The lowest BCUT2D eigenvalue weighted by atomic mass is 9.98. The summed E-state index contributed by atoms with van der Waals surface area (Å²) in [4.78, 5) is 10.9. The summed E-state index contributed by atoms with van der Waals surface area (Å²) in [7, 11) is 0. The van der Waals surface area contributed by atoms with E-state index in [0.29, 0.717) is 5.69 Å². The zero-order chi connectivity index (χ0) is 42.0. The highest BCUT2D eigenvalue weighted by atomic mass is 16.3. The van der Waals surface area contributed by atoms with Gasteiger partial charge in [0.15, 0.2) is 0 Å². The third kappa shape index (κ3) is 9.33. The van der Waals surface area contributed by atoms with Gasteiger partial charge in [0.1, 0.15) is 5.69 Å². The number of nitroso groups, excluding NO2 is 1. The molecule has 0 fully saturated rings. The first-order chi connectivity index (χ1) is 30.0. The SMILES string of the molecule is CCc1ccc(-c2ccccc2)cc1.Cc1ccc(-c2ccc3c(c2)c2ccccc2n3-c2ccccc2)cc1.Cc1ccc(-c2cccc(-c3ccccc3N=O)c2)cc1. The summed E-state index contributed by atoms with van der Waals surface area (Å²) in [6, 6.07) is 78.0. The van der Waals surface area contributed by atoms with Crippen molar-refractivity contribution in [2.24, 2.45) is 5.18 Å². The lowest BCUT2D eigenvalue weighted by Gasteiger charge is -2.08. The van der Waals surface area contributed by atoms with Crippen LogP contribution in [0.15, 0.2) is 230 Å². The van der Waals surface area contributed by atoms with Crippen molar-refractivity contribution in [2.45, 2.75) is 27.2 Å². The van der Waals surface area contributed by atoms with Crippen LogP contribution in [0.2, 0.25) is 0 Å². The summed E-state index contributed by atoms with van der Waals surface area (Å²) >= 11 is 0. The molecule has 0 aliphatic carbocycles. The molecule has 0 amide bonds. The molecular weight excluding hydrogens is 741 g/mol. The fraction of sp³-hybridized carbons (Fsp3) is 0.0690. The van der Waals surface area contributed by atoms with E-state index in [4.69, 9.17) is 0 Å². The lowest BCUT2D eigenvalue weighted by molar-refractivity contribution is 1.14. The molecule has 0 bridgehead atoms. The summed E-state index contributed by atoms with van der Waals surface area (Å²) in [6.07, 6.45) is 1.11. The van der Waals surface area contributed by atoms with Gasteiger partial charge in [-0.2, -0.15) is 0 Å². The van der Waals surface area contributed by atoms with Crippen molar-refractivity contribution in [3.05, 3.63) is 246 Å². The lowest BCUT2D eigenvalue weighted by Crippen LogP contribution is -1.92. The third-order valence-electron chi connectivity index (χ3n) is 11.1. The highest BCUT2D eigenvalue weighted by Crippen LogP contribution is 2.35. The Morgan fingerprint density at radius 3 is 1.52 bits per heavy atom. The molecular formula is C58H48N2O. The van der Waals surface area contributed by atoms with Crippen molar-refractivity contribution in [3.8, 4) is 50.2 Å². The van der Waals surface area contributed by atoms with Gasteiger partial charge in [-0.25, -0.2) is 0 Å². The standard InChI is InChI=1S/C25H19N.C19H15NO.C14H14/c1-18-11-13-19(14-12-18)20-15-16-25-23(17-20)22-9-5-6-10-24(22)26(25)21-7-3-2-4-8-21;1-14-9-11-15(12-10-14)16-5-4-6-17(13-16)18-7-2-3-8-19(18)20-21;1-2-12-8-10-14(11-9-12)13-6-4-3-5-7-13/h2-17H,1H3;2-13H,1H3;3-11H,2H2,1H3. The molecule has 0 N–H and O–H groups in total. The molecule has 10 rings (SSSR count). The van der Waals surface area contributed by atoms with Crippen LogP contribution < -0.4 is 0 Å². The van der Waals surface area contributed by atoms with Crippen molar-refractivity contribution < 1.29 is 0 Å². The van der Waals surface area contributed by atoms with Crippen molar-refractivity contribution in [3.63, 3.8) is 0 Å². The largest absolute Gasteiger partial charge is 0.309 e. The van der Waals surface area contributed by atoms with Gasteiger partial charge >= 0.3 is 0 Å². The van der Waals surface area contributed by atoms with Crippen molar-refractivity contribution in [2.75, 3.05) is 0 Å². The van der Waals surface area contributed by atoms with E-state index < -0.39 is 0 Å². The topological polar surface area (TPSA) is 34.4 Å². The van der Waals surface area contributed by atoms with Gasteiger partial charge in [-0.3, -0.25) is 0 Å². The molecule has 0 saturated heterocycles. The summed E-state index contributed by atoms with van der Waals surface area (Å²) in [5.74, 6) is 0. The van der Waals surface area contributed by atoms with E-state index in [-0.39, 0.29) is 0 Å². The number of aromatic nitrogens is 1. The van der Waals surface area contributed by atoms with E-state index in [2.05, 4.69) is 213 Å². The quantitative estimate of drug-likeness (QED) is 0.148. The molecule has 0 aliphatic heterocycles. The zero-order valence-corrected chi connectivity index (χ0v) is 34.9. The zero-order valence-electron chi connectivity index (χ0n) is 34.9. The van der Waals surface area contributed by atoms with Gasteiger partial charge in [0.25, 0.3) is 0 Å². The van der Waals surface area contributed by atoms with Crippen LogP contribution in [0.4, 0.5) is 5.69 Å². The normalized spacial score (nSPS) is 10.7. The summed E-state index contributed by atoms with van der Waals surface area (Å²) in [5, 5.41) is 5.70. The highest BCUT2D eigenvalue weighted by Gasteiger charge is 2.13. The van der Waals surface area contributed by atoms with Crippen LogP contribution in [0.25, 0.3) is 72.0 Å². The van der Waals surface area contributed by atoms with Gasteiger partial charge in [0, 0.05) is 22.0 Å². The summed E-state index contributed by atoms with van der Waals surface area (Å²) in [5.41, 5.74) is 17.3. The van der Waals surface area contributed by atoms with Crippen molar-refractivity contribution in [1.82, 2.24) is 4.57 Å². The fourth-order valence-electron chi connectivity index (χ4n) is 7.73. The number of hydrogen-bond donors (Lipinski definition) is 0. The third-order valence-corrected chi connectivity index (χ3v) is 11.1.